The first kappa shape index (κ1) is 27.6. The molecule has 0 aliphatic rings. The van der Waals surface area contributed by atoms with Crippen molar-refractivity contribution in [2.24, 2.45) is 9.98 Å². The van der Waals surface area contributed by atoms with Gasteiger partial charge in [0.25, 0.3) is 0 Å². The molecule has 0 aromatic heterocycles. The summed E-state index contributed by atoms with van der Waals surface area (Å²) in [4.78, 5) is 28.4. The van der Waals surface area contributed by atoms with E-state index in [0.29, 0.717) is 57.4 Å². The Kier molecular flexibility index (Phi) is 8.82. The predicted octanol–water partition coefficient (Wildman–Crippen LogP) is 9.35. The fourth-order valence-electron chi connectivity index (χ4n) is 4.06. The van der Waals surface area contributed by atoms with Crippen molar-refractivity contribution in [3.05, 3.63) is 121 Å². The second-order valence-corrected chi connectivity index (χ2v) is 8.88. The second-order valence-electron chi connectivity index (χ2n) is 8.88. The van der Waals surface area contributed by atoms with E-state index in [1.165, 1.54) is 12.2 Å². The van der Waals surface area contributed by atoms with Gasteiger partial charge in [-0.2, -0.15) is 9.98 Å². The lowest BCUT2D eigenvalue weighted by Gasteiger charge is -2.14. The number of hydrogen-bond acceptors (Lipinski definition) is 8. The van der Waals surface area contributed by atoms with E-state index in [0.717, 1.165) is 12.0 Å². The SMILES string of the molecule is CCc1ccc(Oc2cccc(Oc3cccc(N=C=O)c3)c2)cc1Oc1cccc(Oc2cccc(N=C=O)c2)c1. The van der Waals surface area contributed by atoms with Gasteiger partial charge in [0.1, 0.15) is 46.0 Å². The van der Waals surface area contributed by atoms with Gasteiger partial charge in [-0.1, -0.05) is 37.3 Å². The molecule has 0 aliphatic heterocycles. The van der Waals surface area contributed by atoms with E-state index in [1.54, 1.807) is 66.7 Å². The molecule has 0 spiro atoms. The van der Waals surface area contributed by atoms with Crippen LogP contribution in [0, 0.1) is 0 Å². The Hall–Kier alpha value is -5.94. The first-order valence-electron chi connectivity index (χ1n) is 13.0. The molecule has 0 N–H and O–H groups in total. The molecule has 206 valence electrons. The average molecular weight is 557 g/mol. The molecule has 0 radical (unpaired) electrons. The highest BCUT2D eigenvalue weighted by atomic mass is 16.5. The van der Waals surface area contributed by atoms with Crippen molar-refractivity contribution >= 4 is 23.5 Å². The van der Waals surface area contributed by atoms with Crippen molar-refractivity contribution in [3.8, 4) is 46.0 Å². The number of nitrogens with zero attached hydrogens (tertiary/aromatic N) is 2. The van der Waals surface area contributed by atoms with Crippen molar-refractivity contribution in [2.45, 2.75) is 13.3 Å². The van der Waals surface area contributed by atoms with E-state index in [-0.39, 0.29) is 0 Å². The molecule has 0 heterocycles. The molecule has 0 fully saturated rings. The van der Waals surface area contributed by atoms with Crippen molar-refractivity contribution < 1.29 is 28.5 Å². The van der Waals surface area contributed by atoms with Crippen molar-refractivity contribution in [1.82, 2.24) is 0 Å². The number of isocyanates is 2. The number of ether oxygens (including phenoxy) is 4. The van der Waals surface area contributed by atoms with Crippen LogP contribution in [-0.4, -0.2) is 12.2 Å². The quantitative estimate of drug-likeness (QED) is 0.119. The molecule has 0 saturated heterocycles. The molecule has 8 heteroatoms. The minimum Gasteiger partial charge on any atom is -0.457 e. The third-order valence-electron chi connectivity index (χ3n) is 5.95. The van der Waals surface area contributed by atoms with E-state index in [9.17, 15) is 9.59 Å². The maximum absolute atomic E-state index is 10.6. The van der Waals surface area contributed by atoms with Gasteiger partial charge >= 0.3 is 0 Å². The van der Waals surface area contributed by atoms with E-state index in [1.807, 2.05) is 55.5 Å². The number of aryl methyl sites for hydroxylation is 1. The zero-order valence-corrected chi connectivity index (χ0v) is 22.5. The molecule has 0 aliphatic carbocycles. The smallest absolute Gasteiger partial charge is 0.240 e. The zero-order valence-electron chi connectivity index (χ0n) is 22.5. The summed E-state index contributed by atoms with van der Waals surface area (Å²) in [5, 5.41) is 0. The number of benzene rings is 5. The minimum absolute atomic E-state index is 0.453. The first-order valence-corrected chi connectivity index (χ1v) is 13.0. The zero-order chi connectivity index (χ0) is 29.1. The van der Waals surface area contributed by atoms with Gasteiger partial charge in [0.05, 0.1) is 11.4 Å². The van der Waals surface area contributed by atoms with Gasteiger partial charge in [0.15, 0.2) is 0 Å². The van der Waals surface area contributed by atoms with Crippen LogP contribution in [0.25, 0.3) is 0 Å². The van der Waals surface area contributed by atoms with Crippen LogP contribution in [-0.2, 0) is 16.0 Å². The Balaban J connectivity index is 1.31. The molecule has 5 aromatic carbocycles. The Labute approximate surface area is 242 Å². The van der Waals surface area contributed by atoms with Gasteiger partial charge in [-0.3, -0.25) is 0 Å². The summed E-state index contributed by atoms with van der Waals surface area (Å²) in [6, 6.07) is 33.8. The van der Waals surface area contributed by atoms with E-state index in [4.69, 9.17) is 18.9 Å². The highest BCUT2D eigenvalue weighted by Gasteiger charge is 2.10. The van der Waals surface area contributed by atoms with Crippen molar-refractivity contribution in [1.29, 1.82) is 0 Å². The molecule has 0 amide bonds. The van der Waals surface area contributed by atoms with Crippen LogP contribution in [0.1, 0.15) is 12.5 Å². The van der Waals surface area contributed by atoms with Gasteiger partial charge in [0, 0.05) is 30.3 Å². The normalized spacial score (nSPS) is 10.1. The van der Waals surface area contributed by atoms with Crippen LogP contribution in [0.3, 0.4) is 0 Å². The molecule has 42 heavy (non-hydrogen) atoms. The third kappa shape index (κ3) is 7.37. The van der Waals surface area contributed by atoms with Gasteiger partial charge in [0.2, 0.25) is 12.2 Å². The van der Waals surface area contributed by atoms with Gasteiger partial charge in [-0.15, -0.1) is 0 Å². The molecular formula is C34H24N2O6. The Morgan fingerprint density at radius 1 is 0.500 bits per heavy atom. The molecule has 0 unspecified atom stereocenters. The summed E-state index contributed by atoms with van der Waals surface area (Å²) >= 11 is 0. The third-order valence-corrected chi connectivity index (χ3v) is 5.95. The Morgan fingerprint density at radius 2 is 0.905 bits per heavy atom. The fourth-order valence-corrected chi connectivity index (χ4v) is 4.06. The summed E-state index contributed by atoms with van der Waals surface area (Å²) in [7, 11) is 0. The summed E-state index contributed by atoms with van der Waals surface area (Å²) < 4.78 is 24.3. The molecule has 5 aromatic rings. The van der Waals surface area contributed by atoms with Gasteiger partial charge in [-0.05, 0) is 66.6 Å². The second kappa shape index (κ2) is 13.4. The van der Waals surface area contributed by atoms with Gasteiger partial charge < -0.3 is 18.9 Å². The van der Waals surface area contributed by atoms with Crippen LogP contribution in [0.4, 0.5) is 11.4 Å². The number of rotatable bonds is 11. The van der Waals surface area contributed by atoms with Crippen molar-refractivity contribution in [2.75, 3.05) is 0 Å². The maximum Gasteiger partial charge on any atom is 0.240 e. The maximum atomic E-state index is 10.6. The number of aliphatic imine (C=N–C) groups is 2. The Bertz CT molecular complexity index is 1810. The Morgan fingerprint density at radius 3 is 1.36 bits per heavy atom. The molecule has 8 nitrogen and oxygen atoms in total. The topological polar surface area (TPSA) is 95.8 Å². The van der Waals surface area contributed by atoms with Crippen LogP contribution >= 0.6 is 0 Å². The van der Waals surface area contributed by atoms with E-state index < -0.39 is 0 Å². The standard InChI is InChI=1S/C34H24N2O6/c1-2-24-15-16-33(41-30-12-5-11-29(19-30)39-27-9-3-7-25(17-27)35-22-37)21-34(24)42-32-14-6-13-31(20-32)40-28-10-4-8-26(18-28)36-23-38/h3-21H,2H2,1H3. The number of carbonyl (C=O) groups excluding carboxylic acids is 2. The fraction of sp³-hybridized carbons (Fsp3) is 0.0588. The van der Waals surface area contributed by atoms with Crippen LogP contribution in [0.2, 0.25) is 0 Å². The lowest BCUT2D eigenvalue weighted by Crippen LogP contribution is -1.93. The number of hydrogen-bond donors (Lipinski definition) is 0. The molecule has 5 rings (SSSR count). The summed E-state index contributed by atoms with van der Waals surface area (Å²) in [6.07, 6.45) is 3.81. The van der Waals surface area contributed by atoms with E-state index in [2.05, 4.69) is 9.98 Å². The first-order chi connectivity index (χ1) is 20.6. The molecule has 0 atom stereocenters. The monoisotopic (exact) mass is 556 g/mol. The van der Waals surface area contributed by atoms with Crippen molar-refractivity contribution in [3.63, 3.8) is 0 Å². The summed E-state index contributed by atoms with van der Waals surface area (Å²) in [5.74, 6) is 4.56. The lowest BCUT2D eigenvalue weighted by atomic mass is 10.1. The predicted molar refractivity (Wildman–Crippen MR) is 157 cm³/mol. The highest BCUT2D eigenvalue weighted by molar-refractivity contribution is 5.53. The van der Waals surface area contributed by atoms with Crippen LogP contribution in [0.5, 0.6) is 46.0 Å². The molecule has 0 saturated carbocycles. The lowest BCUT2D eigenvalue weighted by molar-refractivity contribution is 0.445. The summed E-state index contributed by atoms with van der Waals surface area (Å²) in [6.45, 7) is 2.05. The van der Waals surface area contributed by atoms with Crippen LogP contribution in [0.15, 0.2) is 125 Å². The van der Waals surface area contributed by atoms with E-state index >= 15 is 0 Å². The summed E-state index contributed by atoms with van der Waals surface area (Å²) in [5.41, 5.74) is 1.91. The van der Waals surface area contributed by atoms with Gasteiger partial charge in [-0.25, -0.2) is 9.59 Å². The largest absolute Gasteiger partial charge is 0.457 e. The van der Waals surface area contributed by atoms with Crippen LogP contribution < -0.4 is 18.9 Å². The average Bonchev–Trinajstić information content (AvgIpc) is 2.99. The highest BCUT2D eigenvalue weighted by Crippen LogP contribution is 2.35. The molecular weight excluding hydrogens is 532 g/mol. The molecule has 0 bridgehead atoms. The minimum atomic E-state index is 0.453.